The van der Waals surface area contributed by atoms with Gasteiger partial charge in [0.15, 0.2) is 0 Å². The summed E-state index contributed by atoms with van der Waals surface area (Å²) >= 11 is 3.28. The lowest BCUT2D eigenvalue weighted by Crippen LogP contribution is -2.28. The number of anilines is 1. The van der Waals surface area contributed by atoms with Crippen molar-refractivity contribution in [3.05, 3.63) is 22.8 Å². The van der Waals surface area contributed by atoms with Crippen LogP contribution in [-0.4, -0.2) is 23.6 Å². The molecule has 0 radical (unpaired) electrons. The van der Waals surface area contributed by atoms with Gasteiger partial charge in [-0.2, -0.15) is 0 Å². The second-order valence-corrected chi connectivity index (χ2v) is 3.90. The van der Waals surface area contributed by atoms with Crippen molar-refractivity contribution in [3.63, 3.8) is 0 Å². The second-order valence-electron chi connectivity index (χ2n) is 2.98. The first-order chi connectivity index (χ1) is 7.13. The Balaban J connectivity index is 2.54. The molecule has 15 heavy (non-hydrogen) atoms. The van der Waals surface area contributed by atoms with E-state index in [1.807, 2.05) is 6.07 Å². The van der Waals surface area contributed by atoms with Gasteiger partial charge in [-0.05, 0) is 41.9 Å². The number of carbonyl (C=O) groups is 1. The lowest BCUT2D eigenvalue weighted by molar-refractivity contribution is -0.143. The fourth-order valence-electron chi connectivity index (χ4n) is 1.01. The first-order valence-electron chi connectivity index (χ1n) is 4.68. The SMILES string of the molecule is CCOC(=O)C(C)Nc1ccc(Br)cn1. The van der Waals surface area contributed by atoms with Crippen molar-refractivity contribution in [2.75, 3.05) is 11.9 Å². The van der Waals surface area contributed by atoms with Gasteiger partial charge >= 0.3 is 5.97 Å². The number of carbonyl (C=O) groups excluding carboxylic acids is 1. The van der Waals surface area contributed by atoms with Crippen LogP contribution in [0, 0.1) is 0 Å². The summed E-state index contributed by atoms with van der Waals surface area (Å²) < 4.78 is 5.76. The van der Waals surface area contributed by atoms with Gasteiger partial charge in [-0.1, -0.05) is 0 Å². The lowest BCUT2D eigenvalue weighted by atomic mass is 10.3. The van der Waals surface area contributed by atoms with Gasteiger partial charge in [0.1, 0.15) is 11.9 Å². The molecule has 1 aromatic heterocycles. The molecule has 0 aromatic carbocycles. The van der Waals surface area contributed by atoms with Gasteiger partial charge in [-0.3, -0.25) is 0 Å². The Labute approximate surface area is 97.2 Å². The molecule has 0 amide bonds. The predicted molar refractivity (Wildman–Crippen MR) is 61.7 cm³/mol. The maximum absolute atomic E-state index is 11.3. The maximum atomic E-state index is 11.3. The first kappa shape index (κ1) is 12.0. The maximum Gasteiger partial charge on any atom is 0.328 e. The largest absolute Gasteiger partial charge is 0.464 e. The summed E-state index contributed by atoms with van der Waals surface area (Å²) in [4.78, 5) is 15.4. The molecule has 1 rings (SSSR count). The molecule has 0 bridgehead atoms. The second kappa shape index (κ2) is 5.70. The van der Waals surface area contributed by atoms with Crippen LogP contribution in [0.4, 0.5) is 5.82 Å². The topological polar surface area (TPSA) is 51.2 Å². The molecule has 1 heterocycles. The van der Waals surface area contributed by atoms with E-state index < -0.39 is 6.04 Å². The lowest BCUT2D eigenvalue weighted by Gasteiger charge is -2.12. The molecular weight excluding hydrogens is 260 g/mol. The van der Waals surface area contributed by atoms with E-state index in [0.717, 1.165) is 4.47 Å². The number of hydrogen-bond donors (Lipinski definition) is 1. The molecule has 5 heteroatoms. The van der Waals surface area contributed by atoms with Crippen LogP contribution in [0.2, 0.25) is 0 Å². The van der Waals surface area contributed by atoms with E-state index in [4.69, 9.17) is 4.74 Å². The van der Waals surface area contributed by atoms with Crippen molar-refractivity contribution in [1.82, 2.24) is 4.98 Å². The van der Waals surface area contributed by atoms with Gasteiger partial charge in [0.05, 0.1) is 6.61 Å². The molecule has 1 aromatic rings. The van der Waals surface area contributed by atoms with E-state index in [2.05, 4.69) is 26.2 Å². The van der Waals surface area contributed by atoms with Crippen LogP contribution in [-0.2, 0) is 9.53 Å². The van der Waals surface area contributed by atoms with E-state index in [-0.39, 0.29) is 5.97 Å². The summed E-state index contributed by atoms with van der Waals surface area (Å²) in [6.45, 7) is 3.91. The van der Waals surface area contributed by atoms with E-state index in [1.165, 1.54) is 0 Å². The van der Waals surface area contributed by atoms with Crippen LogP contribution in [0.1, 0.15) is 13.8 Å². The van der Waals surface area contributed by atoms with Gasteiger partial charge in [-0.15, -0.1) is 0 Å². The smallest absolute Gasteiger partial charge is 0.328 e. The van der Waals surface area contributed by atoms with E-state index in [0.29, 0.717) is 12.4 Å². The highest BCUT2D eigenvalue weighted by atomic mass is 79.9. The molecule has 0 saturated heterocycles. The minimum atomic E-state index is -0.390. The van der Waals surface area contributed by atoms with Crippen molar-refractivity contribution in [1.29, 1.82) is 0 Å². The fourth-order valence-corrected chi connectivity index (χ4v) is 1.24. The Bertz CT molecular complexity index is 327. The highest BCUT2D eigenvalue weighted by molar-refractivity contribution is 9.10. The zero-order valence-corrected chi connectivity index (χ0v) is 10.2. The number of nitrogens with one attached hydrogen (secondary N) is 1. The molecule has 0 aliphatic heterocycles. The molecule has 0 aliphatic carbocycles. The Morgan fingerprint density at radius 3 is 2.93 bits per heavy atom. The van der Waals surface area contributed by atoms with Crippen LogP contribution in [0.15, 0.2) is 22.8 Å². The van der Waals surface area contributed by atoms with Crippen LogP contribution in [0.25, 0.3) is 0 Å². The number of esters is 1. The Kier molecular flexibility index (Phi) is 4.55. The molecule has 82 valence electrons. The monoisotopic (exact) mass is 272 g/mol. The van der Waals surface area contributed by atoms with E-state index in [9.17, 15) is 4.79 Å². The normalized spacial score (nSPS) is 11.9. The first-order valence-corrected chi connectivity index (χ1v) is 5.47. The highest BCUT2D eigenvalue weighted by Crippen LogP contribution is 2.11. The third-order valence-electron chi connectivity index (χ3n) is 1.73. The van der Waals surface area contributed by atoms with Gasteiger partial charge in [0, 0.05) is 10.7 Å². The van der Waals surface area contributed by atoms with Crippen molar-refractivity contribution >= 4 is 27.7 Å². The van der Waals surface area contributed by atoms with E-state index in [1.54, 1.807) is 26.1 Å². The average Bonchev–Trinajstić information content (AvgIpc) is 2.22. The molecular formula is C10H13BrN2O2. The van der Waals surface area contributed by atoms with Gasteiger partial charge in [0.2, 0.25) is 0 Å². The summed E-state index contributed by atoms with van der Waals surface area (Å²) in [5.41, 5.74) is 0. The Morgan fingerprint density at radius 1 is 1.67 bits per heavy atom. The van der Waals surface area contributed by atoms with Crippen LogP contribution in [0.5, 0.6) is 0 Å². The molecule has 0 saturated carbocycles. The third kappa shape index (κ3) is 3.87. The zero-order chi connectivity index (χ0) is 11.3. The van der Waals surface area contributed by atoms with Gasteiger partial charge in [0.25, 0.3) is 0 Å². The summed E-state index contributed by atoms with van der Waals surface area (Å²) in [6.07, 6.45) is 1.67. The number of ether oxygens (including phenoxy) is 1. The van der Waals surface area contributed by atoms with Gasteiger partial charge in [-0.25, -0.2) is 9.78 Å². The van der Waals surface area contributed by atoms with Crippen molar-refractivity contribution in [3.8, 4) is 0 Å². The molecule has 4 nitrogen and oxygen atoms in total. The van der Waals surface area contributed by atoms with Crippen molar-refractivity contribution in [2.24, 2.45) is 0 Å². The quantitative estimate of drug-likeness (QED) is 0.854. The van der Waals surface area contributed by atoms with Crippen molar-refractivity contribution < 1.29 is 9.53 Å². The molecule has 0 fully saturated rings. The average molecular weight is 273 g/mol. The van der Waals surface area contributed by atoms with Gasteiger partial charge < -0.3 is 10.1 Å². The minimum absolute atomic E-state index is 0.276. The Hall–Kier alpha value is -1.10. The summed E-state index contributed by atoms with van der Waals surface area (Å²) in [5.74, 6) is 0.376. The molecule has 1 atom stereocenters. The third-order valence-corrected chi connectivity index (χ3v) is 2.20. The minimum Gasteiger partial charge on any atom is -0.464 e. The summed E-state index contributed by atoms with van der Waals surface area (Å²) in [5, 5.41) is 2.95. The molecule has 0 aliphatic rings. The Morgan fingerprint density at radius 2 is 2.40 bits per heavy atom. The van der Waals surface area contributed by atoms with Crippen LogP contribution >= 0.6 is 15.9 Å². The summed E-state index contributed by atoms with van der Waals surface area (Å²) in [6, 6.07) is 3.26. The molecule has 1 unspecified atom stereocenters. The number of hydrogen-bond acceptors (Lipinski definition) is 4. The van der Waals surface area contributed by atoms with Crippen LogP contribution < -0.4 is 5.32 Å². The number of aromatic nitrogens is 1. The molecule has 0 spiro atoms. The van der Waals surface area contributed by atoms with Crippen LogP contribution in [0.3, 0.4) is 0 Å². The number of nitrogens with zero attached hydrogens (tertiary/aromatic N) is 1. The van der Waals surface area contributed by atoms with Crippen molar-refractivity contribution in [2.45, 2.75) is 19.9 Å². The number of rotatable bonds is 4. The summed E-state index contributed by atoms with van der Waals surface area (Å²) in [7, 11) is 0. The number of pyridine rings is 1. The fraction of sp³-hybridized carbons (Fsp3) is 0.400. The predicted octanol–water partition coefficient (Wildman–Crippen LogP) is 2.21. The van der Waals surface area contributed by atoms with E-state index >= 15 is 0 Å². The zero-order valence-electron chi connectivity index (χ0n) is 8.66. The molecule has 1 N–H and O–H groups in total. The number of halogens is 1. The highest BCUT2D eigenvalue weighted by Gasteiger charge is 2.13. The standard InChI is InChI=1S/C10H13BrN2O2/c1-3-15-10(14)7(2)13-9-5-4-8(11)6-12-9/h4-7H,3H2,1-2H3,(H,12,13).